The van der Waals surface area contributed by atoms with Crippen LogP contribution in [0.25, 0.3) is 11.3 Å². The molecule has 6 nitrogen and oxygen atoms in total. The first-order valence-corrected chi connectivity index (χ1v) is 9.30. The average molecular weight is 379 g/mol. The molecular formula is C22H21NO5. The van der Waals surface area contributed by atoms with Crippen LogP contribution in [0.15, 0.2) is 65.2 Å². The van der Waals surface area contributed by atoms with Crippen LogP contribution in [-0.2, 0) is 16.1 Å². The van der Waals surface area contributed by atoms with Gasteiger partial charge in [-0.2, -0.15) is 0 Å². The number of rotatable bonds is 7. The van der Waals surface area contributed by atoms with Crippen LogP contribution in [0.1, 0.15) is 29.1 Å². The zero-order valence-electron chi connectivity index (χ0n) is 15.4. The van der Waals surface area contributed by atoms with Crippen molar-refractivity contribution < 1.29 is 23.4 Å². The zero-order chi connectivity index (χ0) is 19.2. The number of hydrogen-bond donors (Lipinski definition) is 0. The fourth-order valence-corrected chi connectivity index (χ4v) is 3.04. The van der Waals surface area contributed by atoms with Crippen molar-refractivity contribution in [3.8, 4) is 17.1 Å². The minimum absolute atomic E-state index is 0.0499. The highest BCUT2D eigenvalue weighted by Gasteiger charge is 2.19. The topological polar surface area (TPSA) is 70.8 Å². The van der Waals surface area contributed by atoms with Gasteiger partial charge in [0.15, 0.2) is 12.4 Å². The Hall–Kier alpha value is -3.12. The molecule has 1 aromatic heterocycles. The molecule has 1 fully saturated rings. The molecule has 1 unspecified atom stereocenters. The Labute approximate surface area is 163 Å². The Kier molecular flexibility index (Phi) is 5.68. The van der Waals surface area contributed by atoms with Gasteiger partial charge in [-0.05, 0) is 25.0 Å². The lowest BCUT2D eigenvalue weighted by molar-refractivity contribution is 0.0423. The second-order valence-corrected chi connectivity index (χ2v) is 6.50. The van der Waals surface area contributed by atoms with E-state index in [1.807, 2.05) is 36.4 Å². The standard InChI is InChI=1S/C22H21NO5/c24-22(18-10-4-5-11-19(18)26-14-17-9-6-12-25-17)27-15-21-23-13-20(28-21)16-7-2-1-3-8-16/h1-5,7-8,10-11,13,17H,6,9,12,14-15H2. The molecule has 1 aliphatic rings. The molecule has 0 aliphatic carbocycles. The molecule has 3 aromatic rings. The molecule has 2 heterocycles. The van der Waals surface area contributed by atoms with Gasteiger partial charge in [0.25, 0.3) is 0 Å². The molecule has 0 spiro atoms. The Morgan fingerprint density at radius 2 is 1.93 bits per heavy atom. The number of ether oxygens (including phenoxy) is 3. The van der Waals surface area contributed by atoms with Gasteiger partial charge in [-0.1, -0.05) is 42.5 Å². The van der Waals surface area contributed by atoms with Crippen molar-refractivity contribution in [2.45, 2.75) is 25.6 Å². The summed E-state index contributed by atoms with van der Waals surface area (Å²) in [6.07, 6.45) is 3.71. The van der Waals surface area contributed by atoms with E-state index in [-0.39, 0.29) is 12.7 Å². The lowest BCUT2D eigenvalue weighted by Crippen LogP contribution is -2.17. The van der Waals surface area contributed by atoms with Crippen molar-refractivity contribution in [3.63, 3.8) is 0 Å². The maximum absolute atomic E-state index is 12.5. The third-order valence-corrected chi connectivity index (χ3v) is 4.49. The number of oxazole rings is 1. The largest absolute Gasteiger partial charge is 0.490 e. The third kappa shape index (κ3) is 4.40. The van der Waals surface area contributed by atoms with E-state index in [9.17, 15) is 4.79 Å². The summed E-state index contributed by atoms with van der Waals surface area (Å²) in [6.45, 7) is 1.13. The Balaban J connectivity index is 1.37. The summed E-state index contributed by atoms with van der Waals surface area (Å²) in [5.41, 5.74) is 1.29. The Bertz CT molecular complexity index is 915. The Morgan fingerprint density at radius 3 is 2.75 bits per heavy atom. The highest BCUT2D eigenvalue weighted by atomic mass is 16.6. The number of aromatic nitrogens is 1. The predicted octanol–water partition coefficient (Wildman–Crippen LogP) is 4.26. The molecule has 1 saturated heterocycles. The van der Waals surface area contributed by atoms with Crippen molar-refractivity contribution in [3.05, 3.63) is 72.2 Å². The molecule has 0 bridgehead atoms. The summed E-state index contributed by atoms with van der Waals surface area (Å²) in [5.74, 6) is 0.972. The summed E-state index contributed by atoms with van der Waals surface area (Å²) in [5, 5.41) is 0. The molecule has 0 saturated carbocycles. The smallest absolute Gasteiger partial charge is 0.342 e. The van der Waals surface area contributed by atoms with Crippen LogP contribution < -0.4 is 4.74 Å². The highest BCUT2D eigenvalue weighted by molar-refractivity contribution is 5.92. The molecule has 144 valence electrons. The van der Waals surface area contributed by atoms with Crippen LogP contribution in [0, 0.1) is 0 Å². The van der Waals surface area contributed by atoms with E-state index in [2.05, 4.69) is 4.98 Å². The van der Waals surface area contributed by atoms with E-state index in [1.165, 1.54) is 0 Å². The van der Waals surface area contributed by atoms with Gasteiger partial charge in [-0.3, -0.25) is 0 Å². The molecule has 0 amide bonds. The number of esters is 1. The van der Waals surface area contributed by atoms with E-state index in [0.29, 0.717) is 29.6 Å². The highest BCUT2D eigenvalue weighted by Crippen LogP contribution is 2.23. The van der Waals surface area contributed by atoms with Crippen molar-refractivity contribution in [1.29, 1.82) is 0 Å². The number of benzene rings is 2. The molecule has 6 heteroatoms. The van der Waals surface area contributed by atoms with Gasteiger partial charge in [-0.15, -0.1) is 0 Å². The van der Waals surface area contributed by atoms with Crippen LogP contribution in [0.2, 0.25) is 0 Å². The van der Waals surface area contributed by atoms with E-state index >= 15 is 0 Å². The van der Waals surface area contributed by atoms with E-state index < -0.39 is 5.97 Å². The maximum atomic E-state index is 12.5. The van der Waals surface area contributed by atoms with Crippen molar-refractivity contribution in [1.82, 2.24) is 4.98 Å². The molecule has 1 atom stereocenters. The lowest BCUT2D eigenvalue weighted by atomic mass is 10.2. The summed E-state index contributed by atoms with van der Waals surface area (Å²) >= 11 is 0. The van der Waals surface area contributed by atoms with Gasteiger partial charge >= 0.3 is 5.97 Å². The zero-order valence-corrected chi connectivity index (χ0v) is 15.4. The molecule has 4 rings (SSSR count). The molecule has 28 heavy (non-hydrogen) atoms. The quantitative estimate of drug-likeness (QED) is 0.572. The average Bonchev–Trinajstić information content (AvgIpc) is 3.43. The van der Waals surface area contributed by atoms with Crippen LogP contribution in [0.4, 0.5) is 0 Å². The monoisotopic (exact) mass is 379 g/mol. The molecule has 1 aliphatic heterocycles. The number of nitrogens with zero attached hydrogens (tertiary/aromatic N) is 1. The third-order valence-electron chi connectivity index (χ3n) is 4.49. The number of hydrogen-bond acceptors (Lipinski definition) is 6. The van der Waals surface area contributed by atoms with Gasteiger partial charge < -0.3 is 18.6 Å². The van der Waals surface area contributed by atoms with E-state index in [1.54, 1.807) is 24.4 Å². The number of carbonyl (C=O) groups excluding carboxylic acids is 1. The predicted molar refractivity (Wildman–Crippen MR) is 102 cm³/mol. The molecule has 2 aromatic carbocycles. The maximum Gasteiger partial charge on any atom is 0.342 e. The van der Waals surface area contributed by atoms with Crippen LogP contribution in [0.5, 0.6) is 5.75 Å². The minimum Gasteiger partial charge on any atom is -0.490 e. The van der Waals surface area contributed by atoms with Crippen molar-refractivity contribution >= 4 is 5.97 Å². The van der Waals surface area contributed by atoms with Crippen LogP contribution >= 0.6 is 0 Å². The second-order valence-electron chi connectivity index (χ2n) is 6.50. The van der Waals surface area contributed by atoms with Crippen molar-refractivity contribution in [2.75, 3.05) is 13.2 Å². The summed E-state index contributed by atoms with van der Waals surface area (Å²) in [7, 11) is 0. The Morgan fingerprint density at radius 1 is 1.11 bits per heavy atom. The summed E-state index contributed by atoms with van der Waals surface area (Å²) in [6, 6.07) is 16.7. The first kappa shape index (κ1) is 18.3. The van der Waals surface area contributed by atoms with E-state index in [4.69, 9.17) is 18.6 Å². The van der Waals surface area contributed by atoms with Crippen molar-refractivity contribution in [2.24, 2.45) is 0 Å². The van der Waals surface area contributed by atoms with Gasteiger partial charge in [0.2, 0.25) is 5.89 Å². The molecule has 0 N–H and O–H groups in total. The number of para-hydroxylation sites is 1. The summed E-state index contributed by atoms with van der Waals surface area (Å²) < 4.78 is 22.4. The first-order chi connectivity index (χ1) is 13.8. The molecule has 0 radical (unpaired) electrons. The molecular weight excluding hydrogens is 358 g/mol. The van der Waals surface area contributed by atoms with Gasteiger partial charge in [-0.25, -0.2) is 9.78 Å². The van der Waals surface area contributed by atoms with E-state index in [0.717, 1.165) is 25.0 Å². The van der Waals surface area contributed by atoms with Gasteiger partial charge in [0, 0.05) is 12.2 Å². The SMILES string of the molecule is O=C(OCc1ncc(-c2ccccc2)o1)c1ccccc1OCC1CCCO1. The summed E-state index contributed by atoms with van der Waals surface area (Å²) in [4.78, 5) is 16.7. The van der Waals surface area contributed by atoms with Gasteiger partial charge in [0.05, 0.1) is 12.3 Å². The second kappa shape index (κ2) is 8.71. The number of carbonyl (C=O) groups is 1. The minimum atomic E-state index is -0.484. The first-order valence-electron chi connectivity index (χ1n) is 9.30. The fourth-order valence-electron chi connectivity index (χ4n) is 3.04. The van der Waals surface area contributed by atoms with Crippen LogP contribution in [-0.4, -0.2) is 30.3 Å². The fraction of sp³-hybridized carbons (Fsp3) is 0.273. The lowest BCUT2D eigenvalue weighted by Gasteiger charge is -2.14. The normalized spacial score (nSPS) is 16.1. The van der Waals surface area contributed by atoms with Gasteiger partial charge in [0.1, 0.15) is 17.9 Å². The van der Waals surface area contributed by atoms with Crippen LogP contribution in [0.3, 0.4) is 0 Å².